The molecule has 2 heterocycles. The van der Waals surface area contributed by atoms with Crippen molar-refractivity contribution in [2.24, 2.45) is 0 Å². The predicted molar refractivity (Wildman–Crippen MR) is 84.1 cm³/mol. The van der Waals surface area contributed by atoms with Crippen LogP contribution in [0.1, 0.15) is 19.5 Å². The number of hydrogen-bond donors (Lipinski definition) is 1. The molecule has 1 aliphatic heterocycles. The fraction of sp³-hybridized carbons (Fsp3) is 0.692. The molecule has 0 bridgehead atoms. The first kappa shape index (κ1) is 16.7. The molecule has 21 heavy (non-hydrogen) atoms. The normalized spacial score (nSPS) is 18.2. The third kappa shape index (κ3) is 3.74. The maximum atomic E-state index is 12.6. The topological polar surface area (TPSA) is 71.4 Å². The average molecular weight is 333 g/mol. The minimum Gasteiger partial charge on any atom is -0.349 e. The number of sulfonamides is 1. The van der Waals surface area contributed by atoms with E-state index in [1.165, 1.54) is 4.31 Å². The maximum absolute atomic E-state index is 12.6. The van der Waals surface area contributed by atoms with Crippen LogP contribution in [0.25, 0.3) is 0 Å². The first-order valence-electron chi connectivity index (χ1n) is 7.24. The zero-order chi connectivity index (χ0) is 15.5. The lowest BCUT2D eigenvalue weighted by Gasteiger charge is -2.24. The highest BCUT2D eigenvalue weighted by Crippen LogP contribution is 2.20. The molecule has 1 aromatic heterocycles. The molecule has 0 atom stereocenters. The Balaban J connectivity index is 2.23. The lowest BCUT2D eigenvalue weighted by Crippen LogP contribution is -2.41. The Labute approximate surface area is 129 Å². The van der Waals surface area contributed by atoms with Gasteiger partial charge in [0, 0.05) is 60.4 Å². The molecule has 0 aromatic carbocycles. The second kappa shape index (κ2) is 7.04. The molecule has 8 heteroatoms. The van der Waals surface area contributed by atoms with E-state index in [1.54, 1.807) is 12.3 Å². The summed E-state index contributed by atoms with van der Waals surface area (Å²) in [5, 5.41) is 3.22. The first-order valence-corrected chi connectivity index (χ1v) is 10.2. The van der Waals surface area contributed by atoms with Crippen molar-refractivity contribution < 1.29 is 12.6 Å². The minimum atomic E-state index is -3.47. The van der Waals surface area contributed by atoms with E-state index < -0.39 is 20.8 Å². The standard InChI is InChI=1S/C13H23N3O3S2/c1-3-14-10-12-9-13(11-15(12)4-2)21(18,19)16-5-7-20(17)8-6-16/h9,11,14H,3-8,10H2,1-2H3. The molecule has 0 unspecified atom stereocenters. The van der Waals surface area contributed by atoms with E-state index in [1.807, 2.05) is 18.4 Å². The van der Waals surface area contributed by atoms with E-state index in [0.717, 1.165) is 18.8 Å². The summed E-state index contributed by atoms with van der Waals surface area (Å²) in [6.07, 6.45) is 1.70. The minimum absolute atomic E-state index is 0.338. The van der Waals surface area contributed by atoms with E-state index >= 15 is 0 Å². The van der Waals surface area contributed by atoms with Crippen molar-refractivity contribution >= 4 is 20.8 Å². The molecule has 1 N–H and O–H groups in total. The number of nitrogens with zero attached hydrogens (tertiary/aromatic N) is 2. The van der Waals surface area contributed by atoms with Gasteiger partial charge in [0.15, 0.2) is 0 Å². The fourth-order valence-corrected chi connectivity index (χ4v) is 5.16. The summed E-state index contributed by atoms with van der Waals surface area (Å²) < 4.78 is 40.1. The van der Waals surface area contributed by atoms with Gasteiger partial charge in [0.25, 0.3) is 0 Å². The highest BCUT2D eigenvalue weighted by atomic mass is 32.2. The molecule has 120 valence electrons. The van der Waals surface area contributed by atoms with Crippen molar-refractivity contribution in [1.82, 2.24) is 14.2 Å². The van der Waals surface area contributed by atoms with Crippen LogP contribution in [-0.4, -0.2) is 52.6 Å². The zero-order valence-electron chi connectivity index (χ0n) is 12.5. The van der Waals surface area contributed by atoms with Crippen molar-refractivity contribution in [3.63, 3.8) is 0 Å². The lowest BCUT2D eigenvalue weighted by atomic mass is 10.4. The molecule has 0 amide bonds. The summed E-state index contributed by atoms with van der Waals surface area (Å²) in [6, 6.07) is 1.74. The third-order valence-electron chi connectivity index (χ3n) is 3.63. The zero-order valence-corrected chi connectivity index (χ0v) is 14.2. The van der Waals surface area contributed by atoms with Gasteiger partial charge in [-0.1, -0.05) is 6.92 Å². The van der Waals surface area contributed by atoms with Crippen molar-refractivity contribution in [1.29, 1.82) is 0 Å². The van der Waals surface area contributed by atoms with Gasteiger partial charge in [-0.15, -0.1) is 0 Å². The molecule has 1 aromatic rings. The van der Waals surface area contributed by atoms with Crippen LogP contribution in [0, 0.1) is 0 Å². The van der Waals surface area contributed by atoms with Crippen LogP contribution in [0.3, 0.4) is 0 Å². The Morgan fingerprint density at radius 1 is 1.29 bits per heavy atom. The predicted octanol–water partition coefficient (Wildman–Crippen LogP) is 0.371. The summed E-state index contributed by atoms with van der Waals surface area (Å²) in [5.74, 6) is 0.857. The van der Waals surface area contributed by atoms with Crippen LogP contribution >= 0.6 is 0 Å². The van der Waals surface area contributed by atoms with Gasteiger partial charge in [-0.2, -0.15) is 4.31 Å². The average Bonchev–Trinajstić information content (AvgIpc) is 2.89. The van der Waals surface area contributed by atoms with Gasteiger partial charge in [0.2, 0.25) is 10.0 Å². The van der Waals surface area contributed by atoms with Crippen LogP contribution in [0.5, 0.6) is 0 Å². The van der Waals surface area contributed by atoms with E-state index in [4.69, 9.17) is 0 Å². The molecule has 0 aliphatic carbocycles. The summed E-state index contributed by atoms with van der Waals surface area (Å²) in [6.45, 7) is 6.93. The van der Waals surface area contributed by atoms with Gasteiger partial charge in [-0.3, -0.25) is 4.21 Å². The number of aryl methyl sites for hydroxylation is 1. The van der Waals surface area contributed by atoms with Gasteiger partial charge in [-0.05, 0) is 19.5 Å². The third-order valence-corrected chi connectivity index (χ3v) is 6.77. The van der Waals surface area contributed by atoms with Gasteiger partial charge >= 0.3 is 0 Å². The van der Waals surface area contributed by atoms with Crippen LogP contribution in [0.15, 0.2) is 17.2 Å². The maximum Gasteiger partial charge on any atom is 0.244 e. The van der Waals surface area contributed by atoms with E-state index in [-0.39, 0.29) is 0 Å². The van der Waals surface area contributed by atoms with E-state index in [0.29, 0.717) is 36.0 Å². The molecule has 2 rings (SSSR count). The van der Waals surface area contributed by atoms with Crippen molar-refractivity contribution in [3.05, 3.63) is 18.0 Å². The Kier molecular flexibility index (Phi) is 5.59. The Hall–Kier alpha value is -0.700. The summed E-state index contributed by atoms with van der Waals surface area (Å²) in [7, 11) is -4.35. The highest BCUT2D eigenvalue weighted by Gasteiger charge is 2.29. The number of nitrogens with one attached hydrogen (secondary N) is 1. The summed E-state index contributed by atoms with van der Waals surface area (Å²) in [5.41, 5.74) is 0.971. The Bertz CT molecular complexity index is 600. The molecule has 1 saturated heterocycles. The smallest absolute Gasteiger partial charge is 0.244 e. The van der Waals surface area contributed by atoms with Crippen LogP contribution in [0.2, 0.25) is 0 Å². The molecular formula is C13H23N3O3S2. The van der Waals surface area contributed by atoms with Crippen molar-refractivity contribution in [2.45, 2.75) is 31.8 Å². The summed E-state index contributed by atoms with van der Waals surface area (Å²) >= 11 is 0. The monoisotopic (exact) mass is 333 g/mol. The van der Waals surface area contributed by atoms with E-state index in [2.05, 4.69) is 5.32 Å². The van der Waals surface area contributed by atoms with Crippen LogP contribution in [-0.2, 0) is 33.9 Å². The SMILES string of the molecule is CCNCc1cc(S(=O)(=O)N2CCS(=O)CC2)cn1CC. The second-order valence-corrected chi connectivity index (χ2v) is 8.62. The second-order valence-electron chi connectivity index (χ2n) is 4.99. The Morgan fingerprint density at radius 2 is 1.95 bits per heavy atom. The van der Waals surface area contributed by atoms with Crippen molar-refractivity contribution in [3.8, 4) is 0 Å². The molecule has 0 radical (unpaired) electrons. The van der Waals surface area contributed by atoms with Gasteiger partial charge in [0.05, 0.1) is 0 Å². The Morgan fingerprint density at radius 3 is 2.52 bits per heavy atom. The molecule has 1 fully saturated rings. The number of rotatable bonds is 6. The lowest BCUT2D eigenvalue weighted by molar-refractivity contribution is 0.438. The first-order chi connectivity index (χ1) is 9.98. The number of aromatic nitrogens is 1. The van der Waals surface area contributed by atoms with Crippen LogP contribution in [0.4, 0.5) is 0 Å². The van der Waals surface area contributed by atoms with Gasteiger partial charge in [0.1, 0.15) is 4.90 Å². The molecule has 0 saturated carbocycles. The van der Waals surface area contributed by atoms with Crippen molar-refractivity contribution in [2.75, 3.05) is 31.1 Å². The molecule has 6 nitrogen and oxygen atoms in total. The molecule has 0 spiro atoms. The fourth-order valence-electron chi connectivity index (χ4n) is 2.37. The van der Waals surface area contributed by atoms with E-state index in [9.17, 15) is 12.6 Å². The van der Waals surface area contributed by atoms with Gasteiger partial charge < -0.3 is 9.88 Å². The number of hydrogen-bond acceptors (Lipinski definition) is 4. The summed E-state index contributed by atoms with van der Waals surface area (Å²) in [4.78, 5) is 0.338. The van der Waals surface area contributed by atoms with Crippen LogP contribution < -0.4 is 5.32 Å². The largest absolute Gasteiger partial charge is 0.349 e. The molecule has 1 aliphatic rings. The highest BCUT2D eigenvalue weighted by molar-refractivity contribution is 7.89. The quantitative estimate of drug-likeness (QED) is 0.816. The molecular weight excluding hydrogens is 310 g/mol. The van der Waals surface area contributed by atoms with Gasteiger partial charge in [-0.25, -0.2) is 8.42 Å².